The summed E-state index contributed by atoms with van der Waals surface area (Å²) < 4.78 is 5.89. The van der Waals surface area contributed by atoms with Gasteiger partial charge in [0, 0.05) is 32.4 Å². The number of aromatic nitrogens is 2. The molecule has 0 amide bonds. The summed E-state index contributed by atoms with van der Waals surface area (Å²) in [5.74, 6) is 0. The monoisotopic (exact) mass is 559 g/mol. The summed E-state index contributed by atoms with van der Waals surface area (Å²) in [5.41, 5.74) is 4.55. The van der Waals surface area contributed by atoms with Crippen LogP contribution >= 0.6 is 31.9 Å². The second kappa shape index (κ2) is 7.57. The van der Waals surface area contributed by atoms with Crippen molar-refractivity contribution in [3.8, 4) is 11.4 Å². The van der Waals surface area contributed by atoms with Crippen LogP contribution in [-0.4, -0.2) is 14.1 Å². The lowest BCUT2D eigenvalue weighted by Crippen LogP contribution is -2.00. The molecule has 7 heteroatoms. The summed E-state index contributed by atoms with van der Waals surface area (Å²) >= 11 is 7.21. The molecule has 160 valence electrons. The molecule has 5 nitrogen and oxygen atoms in total. The van der Waals surface area contributed by atoms with E-state index < -0.39 is 0 Å². The molecule has 0 saturated heterocycles. The highest BCUT2D eigenvalue weighted by molar-refractivity contribution is 9.10. The van der Waals surface area contributed by atoms with E-state index in [4.69, 9.17) is 0 Å². The molecule has 0 aliphatic heterocycles. The third-order valence-electron chi connectivity index (χ3n) is 5.94. The first-order chi connectivity index (χ1) is 16.0. The molecule has 2 heterocycles. The van der Waals surface area contributed by atoms with Crippen molar-refractivity contribution in [2.75, 3.05) is 0 Å². The number of nitro groups is 1. The third-order valence-corrected chi connectivity index (χ3v) is 7.02. The summed E-state index contributed by atoms with van der Waals surface area (Å²) in [5, 5.41) is 15.0. The molecule has 0 N–H and O–H groups in total. The molecule has 0 aliphatic rings. The van der Waals surface area contributed by atoms with Gasteiger partial charge >= 0.3 is 0 Å². The molecule has 6 aromatic rings. The van der Waals surface area contributed by atoms with Gasteiger partial charge in [-0.25, -0.2) is 0 Å². The molecule has 0 fully saturated rings. The zero-order chi connectivity index (χ0) is 22.7. The van der Waals surface area contributed by atoms with Crippen molar-refractivity contribution in [3.05, 3.63) is 110 Å². The van der Waals surface area contributed by atoms with Gasteiger partial charge in [0.25, 0.3) is 5.69 Å². The fourth-order valence-electron chi connectivity index (χ4n) is 4.57. The Kier molecular flexibility index (Phi) is 4.64. The molecule has 6 rings (SSSR count). The van der Waals surface area contributed by atoms with Crippen LogP contribution < -0.4 is 0 Å². The van der Waals surface area contributed by atoms with Gasteiger partial charge in [-0.05, 0) is 64.5 Å². The zero-order valence-electron chi connectivity index (χ0n) is 17.1. The van der Waals surface area contributed by atoms with Crippen molar-refractivity contribution in [1.29, 1.82) is 0 Å². The fourth-order valence-corrected chi connectivity index (χ4v) is 5.56. The van der Waals surface area contributed by atoms with Gasteiger partial charge < -0.3 is 9.13 Å². The summed E-state index contributed by atoms with van der Waals surface area (Å²) in [6.45, 7) is 0. The minimum atomic E-state index is -0.330. The number of halogens is 2. The summed E-state index contributed by atoms with van der Waals surface area (Å²) in [7, 11) is 0. The van der Waals surface area contributed by atoms with E-state index in [0.717, 1.165) is 47.5 Å². The van der Waals surface area contributed by atoms with Crippen LogP contribution in [0.5, 0.6) is 0 Å². The number of hydrogen-bond donors (Lipinski definition) is 0. The number of hydrogen-bond acceptors (Lipinski definition) is 2. The first-order valence-corrected chi connectivity index (χ1v) is 11.9. The molecule has 0 aliphatic carbocycles. The van der Waals surface area contributed by atoms with E-state index in [0.29, 0.717) is 5.69 Å². The number of benzene rings is 4. The van der Waals surface area contributed by atoms with Crippen LogP contribution in [0.1, 0.15) is 0 Å². The van der Waals surface area contributed by atoms with E-state index in [1.807, 2.05) is 41.0 Å². The van der Waals surface area contributed by atoms with Gasteiger partial charge in [-0.3, -0.25) is 10.1 Å². The van der Waals surface area contributed by atoms with Crippen LogP contribution in [-0.2, 0) is 0 Å². The molecule has 0 unspecified atom stereocenters. The SMILES string of the molecule is O=[N+]([O-])c1ccc(Br)cc1-n1c2ccccc2c2cc3c(cc(Br)n3-c3ccccc3)cc21. The topological polar surface area (TPSA) is 53.0 Å². The van der Waals surface area contributed by atoms with Crippen molar-refractivity contribution in [2.24, 2.45) is 0 Å². The Bertz CT molecular complexity index is 1720. The second-order valence-corrected chi connectivity index (χ2v) is 9.54. The first kappa shape index (κ1) is 20.2. The van der Waals surface area contributed by atoms with Crippen LogP contribution in [0.2, 0.25) is 0 Å². The van der Waals surface area contributed by atoms with Gasteiger partial charge in [0.15, 0.2) is 0 Å². The van der Waals surface area contributed by atoms with Crippen LogP contribution in [0.25, 0.3) is 44.1 Å². The minimum Gasteiger partial charge on any atom is -0.304 e. The van der Waals surface area contributed by atoms with Crippen LogP contribution in [0.4, 0.5) is 5.69 Å². The number of para-hydroxylation sites is 2. The highest BCUT2D eigenvalue weighted by Crippen LogP contribution is 2.39. The Labute approximate surface area is 205 Å². The van der Waals surface area contributed by atoms with Crippen molar-refractivity contribution in [1.82, 2.24) is 9.13 Å². The van der Waals surface area contributed by atoms with E-state index in [1.54, 1.807) is 18.2 Å². The maximum absolute atomic E-state index is 11.9. The van der Waals surface area contributed by atoms with Gasteiger partial charge in [-0.1, -0.05) is 52.3 Å². The fraction of sp³-hybridized carbons (Fsp3) is 0. The quantitative estimate of drug-likeness (QED) is 0.162. The second-order valence-electron chi connectivity index (χ2n) is 7.81. The maximum atomic E-state index is 11.9. The molecule has 2 aromatic heterocycles. The lowest BCUT2D eigenvalue weighted by Gasteiger charge is -2.10. The largest absolute Gasteiger partial charge is 0.304 e. The van der Waals surface area contributed by atoms with Crippen LogP contribution in [0.3, 0.4) is 0 Å². The van der Waals surface area contributed by atoms with Crippen molar-refractivity contribution >= 4 is 70.3 Å². The Hall–Kier alpha value is -3.42. The number of nitro benzene ring substituents is 1. The summed E-state index contributed by atoms with van der Waals surface area (Å²) in [6.07, 6.45) is 0. The molecule has 0 bridgehead atoms. The molecule has 0 atom stereocenters. The van der Waals surface area contributed by atoms with Gasteiger partial charge in [-0.2, -0.15) is 0 Å². The zero-order valence-corrected chi connectivity index (χ0v) is 20.2. The first-order valence-electron chi connectivity index (χ1n) is 10.3. The molecule has 33 heavy (non-hydrogen) atoms. The lowest BCUT2D eigenvalue weighted by molar-refractivity contribution is -0.384. The smallest absolute Gasteiger partial charge is 0.293 e. The molecule has 0 spiro atoms. The van der Waals surface area contributed by atoms with Gasteiger partial charge in [-0.15, -0.1) is 0 Å². The van der Waals surface area contributed by atoms with E-state index in [2.05, 4.69) is 72.8 Å². The summed E-state index contributed by atoms with van der Waals surface area (Å²) in [4.78, 5) is 11.6. The minimum absolute atomic E-state index is 0.0592. The number of fused-ring (bicyclic) bond motifs is 4. The van der Waals surface area contributed by atoms with E-state index >= 15 is 0 Å². The standard InChI is InChI=1S/C26H15Br2N3O2/c27-17-10-11-22(31(32)33)25(14-17)30-21-9-5-4-8-19(21)20-15-23-16(12-24(20)30)13-26(28)29(23)18-6-2-1-3-7-18/h1-15H. The molecule has 0 saturated carbocycles. The molecular weight excluding hydrogens is 546 g/mol. The normalized spacial score (nSPS) is 11.6. The number of rotatable bonds is 3. The van der Waals surface area contributed by atoms with Gasteiger partial charge in [0.2, 0.25) is 0 Å². The van der Waals surface area contributed by atoms with E-state index in [1.165, 1.54) is 0 Å². The Morgan fingerprint density at radius 3 is 2.24 bits per heavy atom. The molecular formula is C26H15Br2N3O2. The highest BCUT2D eigenvalue weighted by Gasteiger charge is 2.22. The predicted molar refractivity (Wildman–Crippen MR) is 140 cm³/mol. The Balaban J connectivity index is 1.76. The molecule has 0 radical (unpaired) electrons. The lowest BCUT2D eigenvalue weighted by atomic mass is 10.1. The highest BCUT2D eigenvalue weighted by atomic mass is 79.9. The van der Waals surface area contributed by atoms with E-state index in [-0.39, 0.29) is 10.6 Å². The maximum Gasteiger partial charge on any atom is 0.293 e. The average molecular weight is 561 g/mol. The van der Waals surface area contributed by atoms with Crippen LogP contribution in [0, 0.1) is 10.1 Å². The predicted octanol–water partition coefficient (Wildman–Crippen LogP) is 8.16. The van der Waals surface area contributed by atoms with Crippen LogP contribution in [0.15, 0.2) is 100 Å². The third kappa shape index (κ3) is 3.11. The Morgan fingerprint density at radius 2 is 1.45 bits per heavy atom. The number of nitrogens with zero attached hydrogens (tertiary/aromatic N) is 3. The van der Waals surface area contributed by atoms with Crippen molar-refractivity contribution < 1.29 is 4.92 Å². The molecule has 4 aromatic carbocycles. The van der Waals surface area contributed by atoms with E-state index in [9.17, 15) is 10.1 Å². The Morgan fingerprint density at radius 1 is 0.697 bits per heavy atom. The van der Waals surface area contributed by atoms with Gasteiger partial charge in [0.1, 0.15) is 5.69 Å². The van der Waals surface area contributed by atoms with Crippen molar-refractivity contribution in [3.63, 3.8) is 0 Å². The van der Waals surface area contributed by atoms with Gasteiger partial charge in [0.05, 0.1) is 26.1 Å². The summed E-state index contributed by atoms with van der Waals surface area (Å²) in [6, 6.07) is 29.6. The van der Waals surface area contributed by atoms with Crippen molar-refractivity contribution in [2.45, 2.75) is 0 Å². The average Bonchev–Trinajstić information content (AvgIpc) is 3.31.